The fourth-order valence-corrected chi connectivity index (χ4v) is 3.11. The Morgan fingerprint density at radius 1 is 1.07 bits per heavy atom. The Morgan fingerprint density at radius 3 is 2.63 bits per heavy atom. The van der Waals surface area contributed by atoms with Crippen LogP contribution in [-0.2, 0) is 0 Å². The summed E-state index contributed by atoms with van der Waals surface area (Å²) in [5.74, 6) is 0.734. The van der Waals surface area contributed by atoms with Gasteiger partial charge in [0.05, 0.1) is 5.69 Å². The summed E-state index contributed by atoms with van der Waals surface area (Å²) in [7, 11) is 0. The molecule has 0 amide bonds. The van der Waals surface area contributed by atoms with Crippen molar-refractivity contribution >= 4 is 34.6 Å². The molecule has 0 fully saturated rings. The summed E-state index contributed by atoms with van der Waals surface area (Å²) in [5, 5.41) is 10.8. The van der Waals surface area contributed by atoms with Gasteiger partial charge < -0.3 is 9.52 Å². The number of oxazole rings is 1. The highest BCUT2D eigenvalue weighted by atomic mass is 35.5. The van der Waals surface area contributed by atoms with Crippen molar-refractivity contribution in [3.8, 4) is 17.2 Å². The Morgan fingerprint density at radius 2 is 1.85 bits per heavy atom. The van der Waals surface area contributed by atoms with E-state index in [4.69, 9.17) is 16.0 Å². The molecule has 0 spiro atoms. The van der Waals surface area contributed by atoms with E-state index in [-0.39, 0.29) is 5.75 Å². The molecule has 0 saturated heterocycles. The van der Waals surface area contributed by atoms with Gasteiger partial charge in [-0.15, -0.1) is 0 Å². The van der Waals surface area contributed by atoms with E-state index in [1.807, 2.05) is 62.4 Å². The summed E-state index contributed by atoms with van der Waals surface area (Å²) < 4.78 is 5.82. The number of aliphatic imine (C=N–C) groups is 1. The van der Waals surface area contributed by atoms with E-state index in [0.29, 0.717) is 27.7 Å². The highest BCUT2D eigenvalue weighted by Gasteiger charge is 2.11. The van der Waals surface area contributed by atoms with Crippen LogP contribution in [0, 0.1) is 13.8 Å². The topological polar surface area (TPSA) is 58.6 Å². The Labute approximate surface area is 161 Å². The van der Waals surface area contributed by atoms with Crippen LogP contribution in [0.5, 0.6) is 5.75 Å². The maximum absolute atomic E-state index is 10.2. The van der Waals surface area contributed by atoms with E-state index in [9.17, 15) is 5.11 Å². The van der Waals surface area contributed by atoms with Crippen molar-refractivity contribution < 1.29 is 9.52 Å². The van der Waals surface area contributed by atoms with Crippen molar-refractivity contribution in [2.75, 3.05) is 0 Å². The monoisotopic (exact) mass is 376 g/mol. The molecular weight excluding hydrogens is 360 g/mol. The van der Waals surface area contributed by atoms with E-state index in [2.05, 4.69) is 9.98 Å². The normalized spacial score (nSPS) is 11.5. The molecule has 27 heavy (non-hydrogen) atoms. The van der Waals surface area contributed by atoms with E-state index in [1.54, 1.807) is 12.3 Å². The van der Waals surface area contributed by atoms with Crippen molar-refractivity contribution in [1.29, 1.82) is 0 Å². The zero-order valence-electron chi connectivity index (χ0n) is 14.9. The summed E-state index contributed by atoms with van der Waals surface area (Å²) >= 11 is 6.28. The number of rotatable bonds is 3. The van der Waals surface area contributed by atoms with Gasteiger partial charge in [0.2, 0.25) is 5.89 Å². The van der Waals surface area contributed by atoms with Crippen molar-refractivity contribution in [3.63, 3.8) is 0 Å². The van der Waals surface area contributed by atoms with Crippen LogP contribution in [0.1, 0.15) is 16.7 Å². The fourth-order valence-electron chi connectivity index (χ4n) is 2.95. The van der Waals surface area contributed by atoms with Gasteiger partial charge in [-0.1, -0.05) is 29.8 Å². The minimum atomic E-state index is 0.159. The summed E-state index contributed by atoms with van der Waals surface area (Å²) in [6.07, 6.45) is 1.62. The number of halogens is 1. The van der Waals surface area contributed by atoms with E-state index >= 15 is 0 Å². The maximum Gasteiger partial charge on any atom is 0.227 e. The summed E-state index contributed by atoms with van der Waals surface area (Å²) in [4.78, 5) is 9.02. The lowest BCUT2D eigenvalue weighted by Gasteiger charge is -2.08. The Balaban J connectivity index is 1.69. The fraction of sp³-hybridized carbons (Fsp3) is 0.0909. The largest absolute Gasteiger partial charge is 0.507 e. The van der Waals surface area contributed by atoms with E-state index in [1.165, 1.54) is 0 Å². The number of hydrogen-bond donors (Lipinski definition) is 1. The zero-order chi connectivity index (χ0) is 19.0. The highest BCUT2D eigenvalue weighted by Crippen LogP contribution is 2.31. The lowest BCUT2D eigenvalue weighted by atomic mass is 10.0. The van der Waals surface area contributed by atoms with E-state index < -0.39 is 0 Å². The minimum absolute atomic E-state index is 0.159. The lowest BCUT2D eigenvalue weighted by Crippen LogP contribution is -1.92. The molecule has 0 atom stereocenters. The highest BCUT2D eigenvalue weighted by molar-refractivity contribution is 6.32. The Hall–Kier alpha value is -3.11. The molecule has 1 aromatic heterocycles. The molecule has 4 rings (SSSR count). The number of phenols is 1. The van der Waals surface area contributed by atoms with Gasteiger partial charge in [-0.2, -0.15) is 0 Å². The summed E-state index contributed by atoms with van der Waals surface area (Å²) in [6, 6.07) is 16.9. The average Bonchev–Trinajstić information content (AvgIpc) is 3.10. The molecule has 4 aromatic rings. The molecule has 0 aliphatic rings. The summed E-state index contributed by atoms with van der Waals surface area (Å²) in [6.45, 7) is 3.72. The second-order valence-corrected chi connectivity index (χ2v) is 6.74. The van der Waals surface area contributed by atoms with Crippen molar-refractivity contribution in [2.24, 2.45) is 4.99 Å². The van der Waals surface area contributed by atoms with Gasteiger partial charge in [0.1, 0.15) is 11.3 Å². The van der Waals surface area contributed by atoms with Gasteiger partial charge in [0.25, 0.3) is 0 Å². The standard InChI is InChI=1S/C22H17ClN2O2/c1-13-10-19(26)17(14(2)21(13)23)12-24-16-8-9-20-18(11-16)25-22(27-20)15-6-4-3-5-7-15/h3-12,26H,1-2H3. The van der Waals surface area contributed by atoms with Gasteiger partial charge in [-0.05, 0) is 61.4 Å². The quantitative estimate of drug-likeness (QED) is 0.432. The number of aromatic nitrogens is 1. The zero-order valence-corrected chi connectivity index (χ0v) is 15.7. The molecule has 0 aliphatic carbocycles. The molecular formula is C22H17ClN2O2. The first-order valence-electron chi connectivity index (χ1n) is 8.51. The Kier molecular flexibility index (Phi) is 4.42. The van der Waals surface area contributed by atoms with Gasteiger partial charge in [0.15, 0.2) is 5.58 Å². The predicted octanol–water partition coefficient (Wildman–Crippen LogP) is 6.22. The lowest BCUT2D eigenvalue weighted by molar-refractivity contribution is 0.473. The first kappa shape index (κ1) is 17.3. The van der Waals surface area contributed by atoms with Gasteiger partial charge >= 0.3 is 0 Å². The number of aromatic hydroxyl groups is 1. The third-order valence-electron chi connectivity index (χ3n) is 4.44. The van der Waals surface area contributed by atoms with Crippen molar-refractivity contribution in [1.82, 2.24) is 4.98 Å². The second kappa shape index (κ2) is 6.89. The van der Waals surface area contributed by atoms with Crippen LogP contribution in [0.4, 0.5) is 5.69 Å². The Bertz CT molecular complexity index is 1160. The third kappa shape index (κ3) is 3.32. The number of nitrogens with zero attached hydrogens (tertiary/aromatic N) is 2. The summed E-state index contributed by atoms with van der Waals surface area (Å²) in [5.41, 5.74) is 5.31. The second-order valence-electron chi connectivity index (χ2n) is 6.36. The van der Waals surface area contributed by atoms with Crippen molar-refractivity contribution in [2.45, 2.75) is 13.8 Å². The van der Waals surface area contributed by atoms with Crippen LogP contribution in [-0.4, -0.2) is 16.3 Å². The van der Waals surface area contributed by atoms with Gasteiger partial charge in [-0.25, -0.2) is 4.98 Å². The number of phenolic OH excluding ortho intramolecular Hbond substituents is 1. The van der Waals surface area contributed by atoms with Crippen LogP contribution in [0.25, 0.3) is 22.6 Å². The molecule has 0 radical (unpaired) electrons. The average molecular weight is 377 g/mol. The molecule has 4 nitrogen and oxygen atoms in total. The van der Waals surface area contributed by atoms with Crippen molar-refractivity contribution in [3.05, 3.63) is 76.3 Å². The third-order valence-corrected chi connectivity index (χ3v) is 5.02. The predicted molar refractivity (Wildman–Crippen MR) is 109 cm³/mol. The molecule has 3 aromatic carbocycles. The molecule has 134 valence electrons. The smallest absolute Gasteiger partial charge is 0.227 e. The van der Waals surface area contributed by atoms with Crippen LogP contribution < -0.4 is 0 Å². The van der Waals surface area contributed by atoms with Crippen LogP contribution in [0.2, 0.25) is 5.02 Å². The molecule has 1 heterocycles. The molecule has 0 aliphatic heterocycles. The van der Waals surface area contributed by atoms with Gasteiger partial charge in [-0.3, -0.25) is 4.99 Å². The minimum Gasteiger partial charge on any atom is -0.507 e. The maximum atomic E-state index is 10.2. The van der Waals surface area contributed by atoms with E-state index in [0.717, 1.165) is 22.2 Å². The SMILES string of the molecule is Cc1cc(O)c(C=Nc2ccc3oc(-c4ccccc4)nc3c2)c(C)c1Cl. The van der Waals surface area contributed by atoms with Crippen LogP contribution >= 0.6 is 11.6 Å². The number of fused-ring (bicyclic) bond motifs is 1. The molecule has 1 N–H and O–H groups in total. The van der Waals surface area contributed by atoms with Crippen LogP contribution in [0.15, 0.2) is 64.0 Å². The molecule has 5 heteroatoms. The number of aryl methyl sites for hydroxylation is 1. The molecule has 0 unspecified atom stereocenters. The number of hydrogen-bond acceptors (Lipinski definition) is 4. The first-order chi connectivity index (χ1) is 13.0. The molecule has 0 bridgehead atoms. The van der Waals surface area contributed by atoms with Crippen LogP contribution in [0.3, 0.4) is 0 Å². The van der Waals surface area contributed by atoms with Gasteiger partial charge in [0, 0.05) is 22.4 Å². The number of benzene rings is 3. The first-order valence-corrected chi connectivity index (χ1v) is 8.89. The molecule has 0 saturated carbocycles.